The van der Waals surface area contributed by atoms with E-state index in [1.807, 2.05) is 133 Å². The summed E-state index contributed by atoms with van der Waals surface area (Å²) in [4.78, 5) is 0. The maximum Gasteiger partial charge on any atom is 0.0636 e. The van der Waals surface area contributed by atoms with E-state index in [9.17, 15) is 39.8 Å². The highest BCUT2D eigenvalue weighted by Crippen LogP contribution is 2.50. The minimum Gasteiger partial charge on any atom is -0.0616 e. The van der Waals surface area contributed by atoms with E-state index >= 15 is 0 Å². The summed E-state index contributed by atoms with van der Waals surface area (Å²) in [6.07, 6.45) is 0. The molecule has 30 rings (SSSR count). The topological polar surface area (TPSA) is 0 Å². The van der Waals surface area contributed by atoms with Gasteiger partial charge in [-0.25, -0.2) is 0 Å². The van der Waals surface area contributed by atoms with Crippen molar-refractivity contribution in [1.29, 1.82) is 0 Å². The van der Waals surface area contributed by atoms with E-state index in [-0.39, 0.29) is 119 Å². The molecular formula is C144H90. The van der Waals surface area contributed by atoms with Gasteiger partial charge in [0.15, 0.2) is 0 Å². The molecule has 0 heterocycles. The summed E-state index contributed by atoms with van der Waals surface area (Å²) in [5, 5.41) is -0.321. The zero-order valence-electron chi connectivity index (χ0n) is 132. The quantitative estimate of drug-likeness (QED) is 0.107. The van der Waals surface area contributed by atoms with Crippen LogP contribution >= 0.6 is 0 Å². The molecule has 0 fully saturated rings. The van der Waals surface area contributed by atoms with E-state index < -0.39 is 427 Å². The number of benzene rings is 30. The molecular weight excluding hydrogens is 1730 g/mol. The van der Waals surface area contributed by atoms with Crippen molar-refractivity contribution in [2.24, 2.45) is 0 Å². The minimum atomic E-state index is -1.05. The lowest BCUT2D eigenvalue weighted by molar-refractivity contribution is 1.62. The Balaban J connectivity index is 0.000000135. The molecule has 666 valence electrons. The third-order valence-corrected chi connectivity index (χ3v) is 26.0. The molecule has 30 aromatic rings. The number of hydrogen-bond acceptors (Lipinski definition) is 0. The molecule has 0 amide bonds. The van der Waals surface area contributed by atoms with Crippen LogP contribution in [-0.4, -0.2) is 0 Å². The molecule has 0 unspecified atom stereocenters. The molecule has 0 saturated heterocycles. The van der Waals surface area contributed by atoms with Gasteiger partial charge in [-0.2, -0.15) is 0 Å². The lowest BCUT2D eigenvalue weighted by Crippen LogP contribution is -1.90. The van der Waals surface area contributed by atoms with Crippen LogP contribution in [0.4, 0.5) is 0 Å². The summed E-state index contributed by atoms with van der Waals surface area (Å²) in [6.45, 7) is 0. The minimum absolute atomic E-state index is 0.0322. The maximum atomic E-state index is 9.68. The van der Waals surface area contributed by atoms with Gasteiger partial charge in [0, 0.05) is 0 Å². The molecule has 0 spiro atoms. The van der Waals surface area contributed by atoms with E-state index in [0.29, 0.717) is 27.5 Å². The predicted molar refractivity (Wildman–Crippen MR) is 621 cm³/mol. The first-order valence-corrected chi connectivity index (χ1v) is 45.4. The summed E-state index contributed by atoms with van der Waals surface area (Å²) >= 11 is 0. The molecule has 0 N–H and O–H groups in total. The summed E-state index contributed by atoms with van der Waals surface area (Å²) in [6, 6.07) is 21.4. The van der Waals surface area contributed by atoms with E-state index in [2.05, 4.69) is 48.5 Å². The van der Waals surface area contributed by atoms with Gasteiger partial charge in [-0.3, -0.25) is 0 Å². The molecule has 0 aliphatic heterocycles. The fourth-order valence-electron chi connectivity index (χ4n) is 19.1. The molecule has 0 heteroatoms. The zero-order chi connectivity index (χ0) is 144. The van der Waals surface area contributed by atoms with Crippen molar-refractivity contribution in [3.05, 3.63) is 545 Å². The van der Waals surface area contributed by atoms with Crippen LogP contribution in [0, 0.1) is 0 Å². The summed E-state index contributed by atoms with van der Waals surface area (Å²) in [5.74, 6) is 0. The largest absolute Gasteiger partial charge is 0.0636 e. The molecule has 0 aliphatic rings. The van der Waals surface area contributed by atoms with Crippen molar-refractivity contribution >= 4 is 162 Å². The fraction of sp³-hybridized carbons (Fsp3) is 0. The summed E-state index contributed by atoms with van der Waals surface area (Å²) in [5.41, 5.74) is -1.06. The molecule has 0 nitrogen and oxygen atoms in total. The molecule has 30 aromatic carbocycles. The molecule has 0 aromatic heterocycles. The van der Waals surface area contributed by atoms with Gasteiger partial charge in [-0.1, -0.05) is 508 Å². The zero-order valence-corrected chi connectivity index (χ0v) is 74.6. The van der Waals surface area contributed by atoms with Gasteiger partial charge in [0.05, 0.1) is 78.1 Å². The SMILES string of the molecule is [2H]c1c([2H])c(-c2c([2H])c([2H])c3c([2H])c([2H])c([2H])c([2H])c3c2[2H])c([2H])c(-c2c([2H])c([2H])c3c([2H])c([2H])c4c([2H])c([2H])c(-c5c([2H])c([2H])c(-c6c([2H])c([2H])c([2H])c7c([2H])c([2H])c([2H])c([2H])c67)c([2H])c5[2H])c5c([2H])c([2H])c2c3c45)c1[2H].[2H]c1c([2H])c(-c2c([2H])c([2H])c3c([2H])c([2H])c4c([2H])c([2H])c(-c5cccc(-c6ccc7ccccc7c6)c5)c5c([2H])c([2H])c2c3c45)c([2H])c([2H])c1-c1c([2H])c([2H])c([2H])c2c([2H])c([2H])c([2H])c([2H])c12.[2H]c1c([2H])c2c([2H])c([2H])c3c([2H])c([2H])c(-c4cccc(-c5ccc6ccccc6c5)c4)c4c([2H])c([2H])c(c1-c1ccc(-c5cccc6ccccc56)cc1)c2c34. The average Bonchev–Trinajstić information content (AvgIpc) is 0.682. The average molecular weight is 1880 g/mol. The van der Waals surface area contributed by atoms with E-state index in [4.69, 9.17) is 38.4 Å². The Morgan fingerprint density at radius 3 is 0.833 bits per heavy atom. The van der Waals surface area contributed by atoms with Crippen molar-refractivity contribution in [3.63, 3.8) is 0 Å². The van der Waals surface area contributed by atoms with E-state index in [1.165, 1.54) is 0 Å². The van der Waals surface area contributed by atoms with Gasteiger partial charge in [0.2, 0.25) is 0 Å². The third-order valence-electron chi connectivity index (χ3n) is 26.0. The fourth-order valence-corrected chi connectivity index (χ4v) is 19.1. The van der Waals surface area contributed by atoms with Crippen LogP contribution in [-0.2, 0) is 0 Å². The Labute approximate surface area is 914 Å². The Bertz CT molecular complexity index is 14100. The van der Waals surface area contributed by atoms with Crippen LogP contribution in [0.15, 0.2) is 545 Å². The standard InChI is InChI=1S/3C48H30/c3*1-2-9-37-29-39(22-15-31(37)7-1)38-11-5-12-40(30-38)44-26-24-36-21-20-35-23-25-43(45-27-28-46(44)48(36)47(35)45)34-18-16-33(17-19-34)42-14-6-10-32-8-3-4-13-41(32)42/h3*1-30H/i1D,2D,3D,4D,5D,6D,7D,8D,9D,10D,11D,12D,13D,14D,15D,16D,17D,18D,19D,20D,21D,22D,23D,24D,25D,26D,27D,28D,29D,30D;3D,4D,6D,8D,10D,13D,14D,16D,17D,18D,19D,20D,21D,23D,24D,25D,26D,27D,28D;20D,21D,23D,24D,25D,26D,27D,28D. The Morgan fingerprint density at radius 1 is 0.104 bits per heavy atom. The van der Waals surface area contributed by atoms with Crippen LogP contribution in [0.2, 0.25) is 0 Å². The molecule has 0 bridgehead atoms. The van der Waals surface area contributed by atoms with E-state index in [1.54, 1.807) is 18.2 Å². The first kappa shape index (κ1) is 44.2. The molecule has 0 radical (unpaired) electrons. The number of rotatable bonds is 12. The molecule has 0 saturated carbocycles. The second-order valence-corrected chi connectivity index (χ2v) is 34.1. The van der Waals surface area contributed by atoms with Crippen molar-refractivity contribution in [1.82, 2.24) is 0 Å². The lowest BCUT2D eigenvalue weighted by atomic mass is 9.86. The van der Waals surface area contributed by atoms with Crippen molar-refractivity contribution in [2.75, 3.05) is 0 Å². The van der Waals surface area contributed by atoms with Gasteiger partial charge in [0.1, 0.15) is 0 Å². The highest BCUT2D eigenvalue weighted by molar-refractivity contribution is 6.31. The second kappa shape index (κ2) is 34.7. The predicted octanol–water partition coefficient (Wildman–Crippen LogP) is 40.7. The Morgan fingerprint density at radius 2 is 0.389 bits per heavy atom. The Kier molecular flexibility index (Phi) is 10.6. The van der Waals surface area contributed by atoms with Gasteiger partial charge >= 0.3 is 0 Å². The van der Waals surface area contributed by atoms with Gasteiger partial charge in [-0.15, -0.1) is 0 Å². The van der Waals surface area contributed by atoms with Crippen molar-refractivity contribution < 1.29 is 78.1 Å². The first-order valence-electron chi connectivity index (χ1n) is 73.9. The summed E-state index contributed by atoms with van der Waals surface area (Å²) < 4.78 is 516. The van der Waals surface area contributed by atoms with Crippen LogP contribution in [0.1, 0.15) is 78.1 Å². The smallest absolute Gasteiger partial charge is 0.0616 e. The van der Waals surface area contributed by atoms with Crippen molar-refractivity contribution in [2.45, 2.75) is 0 Å². The van der Waals surface area contributed by atoms with Crippen LogP contribution in [0.5, 0.6) is 0 Å². The molecule has 0 aliphatic carbocycles. The summed E-state index contributed by atoms with van der Waals surface area (Å²) in [7, 11) is 0. The number of fused-ring (bicyclic) bond motifs is 6. The van der Waals surface area contributed by atoms with Crippen LogP contribution < -0.4 is 0 Å². The van der Waals surface area contributed by atoms with Crippen LogP contribution in [0.25, 0.3) is 295 Å². The van der Waals surface area contributed by atoms with E-state index in [0.717, 1.165) is 65.7 Å². The van der Waals surface area contributed by atoms with Gasteiger partial charge < -0.3 is 0 Å². The monoisotopic (exact) mass is 1880 g/mol. The highest BCUT2D eigenvalue weighted by atomic mass is 14.3. The maximum absolute atomic E-state index is 9.68. The number of hydrogen-bond donors (Lipinski definition) is 0. The lowest BCUT2D eigenvalue weighted by Gasteiger charge is -2.17. The first-order chi connectivity index (χ1) is 95.2. The third kappa shape index (κ3) is 14.5. The molecule has 0 atom stereocenters. The van der Waals surface area contributed by atoms with Gasteiger partial charge in [-0.05, 0) is 331 Å². The highest BCUT2D eigenvalue weighted by Gasteiger charge is 2.23. The normalized spacial score (nSPS) is 17.3. The van der Waals surface area contributed by atoms with Crippen molar-refractivity contribution in [3.8, 4) is 134 Å². The van der Waals surface area contributed by atoms with Crippen LogP contribution in [0.3, 0.4) is 0 Å². The second-order valence-electron chi connectivity index (χ2n) is 34.1. The Hall–Kier alpha value is -18.7. The van der Waals surface area contributed by atoms with Gasteiger partial charge in [0.25, 0.3) is 0 Å². The molecule has 144 heavy (non-hydrogen) atoms.